The Morgan fingerprint density at radius 2 is 1.70 bits per heavy atom. The average molecular weight is 270 g/mol. The summed E-state index contributed by atoms with van der Waals surface area (Å²) in [5.41, 5.74) is 2.34. The molecule has 104 valence electrons. The van der Waals surface area contributed by atoms with Crippen molar-refractivity contribution < 1.29 is 9.90 Å². The van der Waals surface area contributed by atoms with E-state index in [1.807, 2.05) is 30.3 Å². The number of nitrogens with one attached hydrogen (secondary N) is 1. The van der Waals surface area contributed by atoms with E-state index >= 15 is 0 Å². The topological polar surface area (TPSA) is 52.6 Å². The molecule has 0 aliphatic rings. The molecule has 0 aliphatic carbocycles. The van der Waals surface area contributed by atoms with E-state index in [2.05, 4.69) is 5.32 Å². The van der Waals surface area contributed by atoms with Gasteiger partial charge < -0.3 is 10.4 Å². The van der Waals surface area contributed by atoms with Crippen molar-refractivity contribution >= 4 is 17.4 Å². The summed E-state index contributed by atoms with van der Waals surface area (Å²) in [6.45, 7) is 1.71. The lowest BCUT2D eigenvalue weighted by molar-refractivity contribution is 0.199. The maximum absolute atomic E-state index is 12.1. The Kier molecular flexibility index (Phi) is 4.38. The lowest BCUT2D eigenvalue weighted by Crippen LogP contribution is -2.31. The standard InChI is InChI=1S/C16H18N2O2/c1-12(19)13-8-10-14(11-9-13)17-16(20)18(2)15-6-4-3-5-7-15/h3-12,19H,1-2H3,(H,17,20). The van der Waals surface area contributed by atoms with E-state index in [1.54, 1.807) is 43.1 Å². The van der Waals surface area contributed by atoms with Crippen LogP contribution in [0.4, 0.5) is 16.2 Å². The highest BCUT2D eigenvalue weighted by molar-refractivity contribution is 6.01. The number of benzene rings is 2. The van der Waals surface area contributed by atoms with Crippen LogP contribution in [0.2, 0.25) is 0 Å². The Hall–Kier alpha value is -2.33. The molecule has 0 bridgehead atoms. The van der Waals surface area contributed by atoms with E-state index < -0.39 is 6.10 Å². The maximum atomic E-state index is 12.1. The average Bonchev–Trinajstić information content (AvgIpc) is 2.48. The second-order valence-electron chi connectivity index (χ2n) is 4.62. The molecule has 2 rings (SSSR count). The van der Waals surface area contributed by atoms with Crippen molar-refractivity contribution in [2.45, 2.75) is 13.0 Å². The smallest absolute Gasteiger partial charge is 0.326 e. The van der Waals surface area contributed by atoms with Crippen molar-refractivity contribution in [2.24, 2.45) is 0 Å². The summed E-state index contributed by atoms with van der Waals surface area (Å²) in [7, 11) is 1.72. The van der Waals surface area contributed by atoms with Gasteiger partial charge in [-0.3, -0.25) is 4.90 Å². The number of amides is 2. The van der Waals surface area contributed by atoms with Crippen molar-refractivity contribution in [1.82, 2.24) is 0 Å². The molecule has 2 aromatic rings. The minimum atomic E-state index is -0.508. The Morgan fingerprint density at radius 1 is 1.10 bits per heavy atom. The van der Waals surface area contributed by atoms with Crippen LogP contribution in [0.3, 0.4) is 0 Å². The van der Waals surface area contributed by atoms with Crippen molar-refractivity contribution in [3.05, 3.63) is 60.2 Å². The molecule has 4 heteroatoms. The number of nitrogens with zero attached hydrogens (tertiary/aromatic N) is 1. The summed E-state index contributed by atoms with van der Waals surface area (Å²) in [5.74, 6) is 0. The van der Waals surface area contributed by atoms with Gasteiger partial charge >= 0.3 is 6.03 Å². The first-order chi connectivity index (χ1) is 9.58. The van der Waals surface area contributed by atoms with Gasteiger partial charge in [-0.05, 0) is 36.8 Å². The SMILES string of the molecule is CC(O)c1ccc(NC(=O)N(C)c2ccccc2)cc1. The van der Waals surface area contributed by atoms with Crippen LogP contribution in [0.5, 0.6) is 0 Å². The van der Waals surface area contributed by atoms with E-state index in [-0.39, 0.29) is 6.03 Å². The Morgan fingerprint density at radius 3 is 2.25 bits per heavy atom. The summed E-state index contributed by atoms with van der Waals surface area (Å²) >= 11 is 0. The number of hydrogen-bond acceptors (Lipinski definition) is 2. The number of carbonyl (C=O) groups is 1. The largest absolute Gasteiger partial charge is 0.389 e. The van der Waals surface area contributed by atoms with Gasteiger partial charge in [0.2, 0.25) is 0 Å². The third kappa shape index (κ3) is 3.36. The minimum absolute atomic E-state index is 0.207. The van der Waals surface area contributed by atoms with Gasteiger partial charge in [-0.2, -0.15) is 0 Å². The van der Waals surface area contributed by atoms with Crippen molar-refractivity contribution in [2.75, 3.05) is 17.3 Å². The molecule has 0 radical (unpaired) electrons. The van der Waals surface area contributed by atoms with Gasteiger partial charge in [0.05, 0.1) is 6.10 Å². The van der Waals surface area contributed by atoms with Gasteiger partial charge in [-0.1, -0.05) is 30.3 Å². The van der Waals surface area contributed by atoms with E-state index in [1.165, 1.54) is 0 Å². The van der Waals surface area contributed by atoms with Gasteiger partial charge in [0.1, 0.15) is 0 Å². The molecule has 4 nitrogen and oxygen atoms in total. The normalized spacial score (nSPS) is 11.8. The summed E-state index contributed by atoms with van der Waals surface area (Å²) in [4.78, 5) is 13.6. The predicted molar refractivity (Wildman–Crippen MR) is 80.9 cm³/mol. The number of carbonyl (C=O) groups excluding carboxylic acids is 1. The highest BCUT2D eigenvalue weighted by Crippen LogP contribution is 2.17. The zero-order chi connectivity index (χ0) is 14.5. The zero-order valence-electron chi connectivity index (χ0n) is 11.6. The van der Waals surface area contributed by atoms with Crippen molar-refractivity contribution in [3.63, 3.8) is 0 Å². The summed E-state index contributed by atoms with van der Waals surface area (Å²) in [5, 5.41) is 12.2. The quantitative estimate of drug-likeness (QED) is 0.898. The highest BCUT2D eigenvalue weighted by Gasteiger charge is 2.10. The fourth-order valence-electron chi connectivity index (χ4n) is 1.82. The number of hydrogen-bond donors (Lipinski definition) is 2. The number of urea groups is 1. The number of para-hydroxylation sites is 1. The Labute approximate surface area is 118 Å². The second-order valence-corrected chi connectivity index (χ2v) is 4.62. The molecule has 20 heavy (non-hydrogen) atoms. The van der Waals surface area contributed by atoms with Crippen LogP contribution >= 0.6 is 0 Å². The first-order valence-electron chi connectivity index (χ1n) is 6.45. The molecule has 0 aromatic heterocycles. The van der Waals surface area contributed by atoms with E-state index in [0.717, 1.165) is 11.3 Å². The molecule has 2 amide bonds. The summed E-state index contributed by atoms with van der Waals surface area (Å²) < 4.78 is 0. The third-order valence-electron chi connectivity index (χ3n) is 3.09. The van der Waals surface area contributed by atoms with Gasteiger partial charge in [0.25, 0.3) is 0 Å². The van der Waals surface area contributed by atoms with Crippen LogP contribution in [0.1, 0.15) is 18.6 Å². The summed E-state index contributed by atoms with van der Waals surface area (Å²) in [6.07, 6.45) is -0.508. The molecule has 0 saturated carbocycles. The second kappa shape index (κ2) is 6.21. The van der Waals surface area contributed by atoms with Crippen LogP contribution in [0.25, 0.3) is 0 Å². The fraction of sp³-hybridized carbons (Fsp3) is 0.188. The fourth-order valence-corrected chi connectivity index (χ4v) is 1.82. The lowest BCUT2D eigenvalue weighted by Gasteiger charge is -2.18. The summed E-state index contributed by atoms with van der Waals surface area (Å²) in [6, 6.07) is 16.4. The maximum Gasteiger partial charge on any atom is 0.326 e. The molecular formula is C16H18N2O2. The van der Waals surface area contributed by atoms with E-state index in [0.29, 0.717) is 5.69 Å². The number of rotatable bonds is 3. The Bertz CT molecular complexity index is 565. The molecular weight excluding hydrogens is 252 g/mol. The zero-order valence-corrected chi connectivity index (χ0v) is 11.6. The molecule has 0 spiro atoms. The Balaban J connectivity index is 2.04. The monoisotopic (exact) mass is 270 g/mol. The number of aliphatic hydroxyl groups excluding tert-OH is 1. The van der Waals surface area contributed by atoms with Crippen molar-refractivity contribution in [3.8, 4) is 0 Å². The molecule has 0 aliphatic heterocycles. The lowest BCUT2D eigenvalue weighted by atomic mass is 10.1. The van der Waals surface area contributed by atoms with Gasteiger partial charge in [0.15, 0.2) is 0 Å². The molecule has 2 N–H and O–H groups in total. The van der Waals surface area contributed by atoms with Crippen molar-refractivity contribution in [1.29, 1.82) is 0 Å². The van der Waals surface area contributed by atoms with E-state index in [9.17, 15) is 9.90 Å². The molecule has 1 unspecified atom stereocenters. The number of anilines is 2. The predicted octanol–water partition coefficient (Wildman–Crippen LogP) is 3.41. The van der Waals surface area contributed by atoms with Crippen LogP contribution in [-0.2, 0) is 0 Å². The van der Waals surface area contributed by atoms with E-state index in [4.69, 9.17) is 0 Å². The third-order valence-corrected chi connectivity index (χ3v) is 3.09. The van der Waals surface area contributed by atoms with Gasteiger partial charge in [-0.15, -0.1) is 0 Å². The van der Waals surface area contributed by atoms with Crippen LogP contribution in [0.15, 0.2) is 54.6 Å². The van der Waals surface area contributed by atoms with Gasteiger partial charge in [0, 0.05) is 18.4 Å². The van der Waals surface area contributed by atoms with Gasteiger partial charge in [-0.25, -0.2) is 4.79 Å². The molecule has 0 fully saturated rings. The minimum Gasteiger partial charge on any atom is -0.389 e. The molecule has 0 heterocycles. The molecule has 0 saturated heterocycles. The molecule has 2 aromatic carbocycles. The highest BCUT2D eigenvalue weighted by atomic mass is 16.3. The van der Waals surface area contributed by atoms with Crippen LogP contribution in [0, 0.1) is 0 Å². The van der Waals surface area contributed by atoms with Crippen LogP contribution < -0.4 is 10.2 Å². The number of aliphatic hydroxyl groups is 1. The van der Waals surface area contributed by atoms with Crippen LogP contribution in [-0.4, -0.2) is 18.2 Å². The first kappa shape index (κ1) is 14.1. The first-order valence-corrected chi connectivity index (χ1v) is 6.45. The molecule has 1 atom stereocenters.